The molecule has 13 heavy (non-hydrogen) atoms. The van der Waals surface area contributed by atoms with Crippen molar-refractivity contribution in [2.45, 2.75) is 51.7 Å². The first-order valence-corrected chi connectivity index (χ1v) is 11.9. The predicted molar refractivity (Wildman–Crippen MR) is 65.3 cm³/mol. The summed E-state index contributed by atoms with van der Waals surface area (Å²) < 4.78 is 0. The van der Waals surface area contributed by atoms with Crippen LogP contribution in [0.25, 0.3) is 0 Å². The van der Waals surface area contributed by atoms with Crippen molar-refractivity contribution >= 4 is 22.1 Å². The summed E-state index contributed by atoms with van der Waals surface area (Å²) >= 11 is 0. The van der Waals surface area contributed by atoms with Gasteiger partial charge in [0, 0.05) is 0 Å². The lowest BCUT2D eigenvalue weighted by atomic mass is 10.4. The van der Waals surface area contributed by atoms with Crippen LogP contribution in [0.3, 0.4) is 0 Å². The van der Waals surface area contributed by atoms with E-state index in [9.17, 15) is 4.79 Å². The smallest absolute Gasteiger partial charge is 0.118 e. The van der Waals surface area contributed by atoms with E-state index < -0.39 is 16.1 Å². The van der Waals surface area contributed by atoms with Crippen LogP contribution in [-0.2, 0) is 4.79 Å². The third kappa shape index (κ3) is 3.63. The van der Waals surface area contributed by atoms with Crippen LogP contribution in [0.2, 0.25) is 44.8 Å². The molecule has 0 aromatic rings. The quantitative estimate of drug-likeness (QED) is 0.520. The van der Waals surface area contributed by atoms with Crippen molar-refractivity contribution in [2.24, 2.45) is 0 Å². The van der Waals surface area contributed by atoms with E-state index in [2.05, 4.69) is 52.1 Å². The Labute approximate surface area is 84.3 Å². The molecule has 0 amide bonds. The fraction of sp³-hybridized carbons (Fsp3) is 0.800. The first kappa shape index (κ1) is 12.9. The van der Waals surface area contributed by atoms with E-state index >= 15 is 0 Å². The van der Waals surface area contributed by atoms with E-state index in [0.29, 0.717) is 5.54 Å². The summed E-state index contributed by atoms with van der Waals surface area (Å²) in [5, 5.41) is 1.09. The number of rotatable bonds is 3. The van der Waals surface area contributed by atoms with Gasteiger partial charge in [0.05, 0.1) is 16.1 Å². The highest BCUT2D eigenvalue weighted by molar-refractivity contribution is 6.89. The van der Waals surface area contributed by atoms with Crippen LogP contribution in [-0.4, -0.2) is 22.1 Å². The van der Waals surface area contributed by atoms with Gasteiger partial charge >= 0.3 is 0 Å². The van der Waals surface area contributed by atoms with Crippen molar-refractivity contribution in [2.75, 3.05) is 0 Å². The molecule has 0 aromatic carbocycles. The van der Waals surface area contributed by atoms with E-state index in [1.807, 2.05) is 0 Å². The van der Waals surface area contributed by atoms with Gasteiger partial charge in [-0.15, -0.1) is 0 Å². The molecule has 1 atom stereocenters. The highest BCUT2D eigenvalue weighted by Gasteiger charge is 2.33. The molecular weight excluding hydrogens is 192 g/mol. The van der Waals surface area contributed by atoms with Gasteiger partial charge in [-0.2, -0.15) is 0 Å². The number of hydrogen-bond acceptors (Lipinski definition) is 1. The minimum atomic E-state index is -1.43. The van der Waals surface area contributed by atoms with Crippen LogP contribution in [0.4, 0.5) is 0 Å². The minimum absolute atomic E-state index is 0.483. The van der Waals surface area contributed by atoms with Crippen molar-refractivity contribution in [3.8, 4) is 0 Å². The van der Waals surface area contributed by atoms with E-state index in [-0.39, 0.29) is 0 Å². The summed E-state index contributed by atoms with van der Waals surface area (Å²) in [6.45, 7) is 15.8. The molecule has 0 bridgehead atoms. The Kier molecular flexibility index (Phi) is 3.91. The Bertz CT molecular complexity index is 226. The van der Waals surface area contributed by atoms with Gasteiger partial charge in [0.2, 0.25) is 0 Å². The molecule has 0 aliphatic rings. The molecule has 0 rings (SSSR count). The van der Waals surface area contributed by atoms with E-state index in [1.54, 1.807) is 0 Å². The van der Waals surface area contributed by atoms with Gasteiger partial charge in [0.15, 0.2) is 0 Å². The Morgan fingerprint density at radius 1 is 1.08 bits per heavy atom. The topological polar surface area (TPSA) is 17.1 Å². The van der Waals surface area contributed by atoms with Crippen molar-refractivity contribution in [1.29, 1.82) is 0 Å². The van der Waals surface area contributed by atoms with Crippen molar-refractivity contribution in [3.05, 3.63) is 5.20 Å². The molecule has 0 aliphatic carbocycles. The number of hydrogen-bond donors (Lipinski definition) is 0. The van der Waals surface area contributed by atoms with E-state index in [0.717, 1.165) is 5.20 Å². The van der Waals surface area contributed by atoms with Gasteiger partial charge in [-0.3, -0.25) is 0 Å². The summed E-state index contributed by atoms with van der Waals surface area (Å²) in [5.74, 6) is 2.21. The molecule has 0 aliphatic heterocycles. The zero-order valence-electron chi connectivity index (χ0n) is 9.99. The van der Waals surface area contributed by atoms with Crippen molar-refractivity contribution in [3.63, 3.8) is 0 Å². The van der Waals surface area contributed by atoms with Gasteiger partial charge < -0.3 is 0 Å². The first-order chi connectivity index (χ1) is 5.60. The molecular formula is C10H22OSi2. The number of carbonyl (C=O) groups excluding carboxylic acids is 1. The molecule has 0 heterocycles. The Morgan fingerprint density at radius 2 is 1.46 bits per heavy atom. The molecule has 0 fully saturated rings. The van der Waals surface area contributed by atoms with Crippen molar-refractivity contribution in [1.82, 2.24) is 0 Å². The zero-order valence-corrected chi connectivity index (χ0v) is 12.0. The van der Waals surface area contributed by atoms with Crippen LogP contribution < -0.4 is 0 Å². The standard InChI is InChI=1S/C10H22OSi2/c1-9(12(2,3)4)10(8-11)13(5,6)7/h9H,1-7H3. The lowest BCUT2D eigenvalue weighted by molar-refractivity contribution is 0.567. The van der Waals surface area contributed by atoms with Gasteiger partial charge in [0.1, 0.15) is 5.94 Å². The number of allylic oxidation sites excluding steroid dienone is 1. The molecule has 76 valence electrons. The maximum absolute atomic E-state index is 10.9. The average Bonchev–Trinajstić information content (AvgIpc) is 1.83. The SMILES string of the molecule is CC(C(=C=O)[Si](C)(C)C)[Si](C)(C)C. The highest BCUT2D eigenvalue weighted by Crippen LogP contribution is 2.32. The second-order valence-electron chi connectivity index (χ2n) is 5.85. The summed E-state index contributed by atoms with van der Waals surface area (Å²) in [6.07, 6.45) is 0. The first-order valence-electron chi connectivity index (χ1n) is 4.86. The monoisotopic (exact) mass is 214 g/mol. The van der Waals surface area contributed by atoms with Crippen LogP contribution >= 0.6 is 0 Å². The molecule has 0 spiro atoms. The normalized spacial score (nSPS) is 15.0. The van der Waals surface area contributed by atoms with Gasteiger partial charge in [-0.25, -0.2) is 4.79 Å². The Balaban J connectivity index is 4.96. The third-order valence-corrected chi connectivity index (χ3v) is 7.98. The summed E-state index contributed by atoms with van der Waals surface area (Å²) in [4.78, 5) is 10.9. The second-order valence-corrected chi connectivity index (χ2v) is 16.5. The minimum Gasteiger partial charge on any atom is -0.234 e. The van der Waals surface area contributed by atoms with Gasteiger partial charge in [-0.1, -0.05) is 46.2 Å². The van der Waals surface area contributed by atoms with Crippen molar-refractivity contribution < 1.29 is 4.79 Å². The van der Waals surface area contributed by atoms with Gasteiger partial charge in [-0.05, 0) is 10.7 Å². The lowest BCUT2D eigenvalue weighted by Gasteiger charge is -2.31. The van der Waals surface area contributed by atoms with Crippen LogP contribution in [0.5, 0.6) is 0 Å². The van der Waals surface area contributed by atoms with Gasteiger partial charge in [0.25, 0.3) is 0 Å². The lowest BCUT2D eigenvalue weighted by Crippen LogP contribution is -2.36. The molecule has 0 saturated heterocycles. The van der Waals surface area contributed by atoms with Crippen LogP contribution in [0.1, 0.15) is 6.92 Å². The molecule has 1 nitrogen and oxygen atoms in total. The summed E-state index contributed by atoms with van der Waals surface area (Å²) in [7, 11) is -2.65. The zero-order chi connectivity index (χ0) is 10.9. The molecule has 0 N–H and O–H groups in total. The fourth-order valence-electron chi connectivity index (χ4n) is 1.32. The third-order valence-electron chi connectivity index (χ3n) is 2.65. The Hall–Kier alpha value is -0.116. The maximum atomic E-state index is 10.9. The van der Waals surface area contributed by atoms with Crippen LogP contribution in [0.15, 0.2) is 5.20 Å². The Morgan fingerprint density at radius 3 is 1.54 bits per heavy atom. The molecule has 3 heteroatoms. The largest absolute Gasteiger partial charge is 0.234 e. The highest BCUT2D eigenvalue weighted by atomic mass is 28.3. The van der Waals surface area contributed by atoms with E-state index in [4.69, 9.17) is 0 Å². The molecule has 1 unspecified atom stereocenters. The molecule has 0 aromatic heterocycles. The summed E-state index contributed by atoms with van der Waals surface area (Å²) in [5.41, 5.74) is 0.483. The van der Waals surface area contributed by atoms with E-state index in [1.165, 1.54) is 0 Å². The maximum Gasteiger partial charge on any atom is 0.118 e. The molecule has 0 radical (unpaired) electrons. The van der Waals surface area contributed by atoms with Crippen LogP contribution in [0, 0.1) is 0 Å². The summed E-state index contributed by atoms with van der Waals surface area (Å²) in [6, 6.07) is 0. The fourth-order valence-corrected chi connectivity index (χ4v) is 6.45. The second kappa shape index (κ2) is 3.95. The predicted octanol–water partition coefficient (Wildman–Crippen LogP) is 3.35. The average molecular weight is 214 g/mol. The molecule has 0 saturated carbocycles.